The Hall–Kier alpha value is -1.73. The highest BCUT2D eigenvalue weighted by molar-refractivity contribution is 5.94. The van der Waals surface area contributed by atoms with Gasteiger partial charge in [-0.2, -0.15) is 0 Å². The predicted molar refractivity (Wildman–Crippen MR) is 49.8 cm³/mol. The highest BCUT2D eigenvalue weighted by Gasteiger charge is 2.11. The minimum Gasteiger partial charge on any atom is -0.358 e. The quantitative estimate of drug-likeness (QED) is 0.314. The van der Waals surface area contributed by atoms with E-state index in [2.05, 4.69) is 4.98 Å². The third-order valence-corrected chi connectivity index (χ3v) is 1.33. The van der Waals surface area contributed by atoms with E-state index in [1.807, 2.05) is 5.43 Å². The average molecular weight is 219 g/mol. The molecule has 1 rings (SSSR count). The molecule has 0 fully saturated rings. The van der Waals surface area contributed by atoms with Gasteiger partial charge >= 0.3 is 5.82 Å². The predicted octanol–water partition coefficient (Wildman–Crippen LogP) is 0.0151. The Kier molecular flexibility index (Phi) is 4.47. The summed E-state index contributed by atoms with van der Waals surface area (Å²) in [6.45, 7) is 0. The summed E-state index contributed by atoms with van der Waals surface area (Å²) in [7, 11) is 0. The zero-order valence-corrected chi connectivity index (χ0v) is 7.65. The maximum absolute atomic E-state index is 10.9. The zero-order valence-electron chi connectivity index (χ0n) is 6.84. The molecule has 1 aromatic rings. The van der Waals surface area contributed by atoms with Crippen LogP contribution < -0.4 is 11.3 Å². The molecule has 0 aliphatic carbocycles. The van der Waals surface area contributed by atoms with Gasteiger partial charge < -0.3 is 10.1 Å². The fourth-order valence-corrected chi connectivity index (χ4v) is 0.743. The van der Waals surface area contributed by atoms with Crippen molar-refractivity contribution in [3.8, 4) is 0 Å². The summed E-state index contributed by atoms with van der Waals surface area (Å²) in [6, 6.07) is 2.37. The van der Waals surface area contributed by atoms with Crippen LogP contribution in [0.15, 0.2) is 18.3 Å². The highest BCUT2D eigenvalue weighted by atomic mass is 35.5. The number of hydrazine groups is 1. The first-order chi connectivity index (χ1) is 6.15. The van der Waals surface area contributed by atoms with E-state index in [0.29, 0.717) is 0 Å². The van der Waals surface area contributed by atoms with Crippen LogP contribution in [0.4, 0.5) is 5.82 Å². The van der Waals surface area contributed by atoms with Crippen LogP contribution in [0.1, 0.15) is 10.4 Å². The van der Waals surface area contributed by atoms with Crippen molar-refractivity contribution >= 4 is 24.1 Å². The Morgan fingerprint density at radius 3 is 2.79 bits per heavy atom. The van der Waals surface area contributed by atoms with Gasteiger partial charge in [-0.3, -0.25) is 10.2 Å². The molecule has 1 amide bonds. The lowest BCUT2D eigenvalue weighted by molar-refractivity contribution is -0.389. The van der Waals surface area contributed by atoms with Crippen molar-refractivity contribution in [1.82, 2.24) is 10.4 Å². The van der Waals surface area contributed by atoms with Crippen LogP contribution in [0.25, 0.3) is 0 Å². The molecule has 1 aromatic heterocycles. The third-order valence-electron chi connectivity index (χ3n) is 1.33. The van der Waals surface area contributed by atoms with E-state index in [4.69, 9.17) is 5.84 Å². The lowest BCUT2D eigenvalue weighted by atomic mass is 10.2. The number of pyridine rings is 1. The van der Waals surface area contributed by atoms with Crippen LogP contribution in [0, 0.1) is 10.1 Å². The number of rotatable bonds is 2. The van der Waals surface area contributed by atoms with Gasteiger partial charge in [0.05, 0.1) is 5.56 Å². The Bertz CT molecular complexity index is 357. The minimum atomic E-state index is -0.687. The number of nitrogens with two attached hydrogens (primary N) is 1. The number of hydrogen-bond acceptors (Lipinski definition) is 5. The molecule has 3 N–H and O–H groups in total. The van der Waals surface area contributed by atoms with Gasteiger partial charge in [-0.1, -0.05) is 0 Å². The van der Waals surface area contributed by atoms with Crippen LogP contribution in [0.3, 0.4) is 0 Å². The lowest BCUT2D eigenvalue weighted by Gasteiger charge is -1.97. The van der Waals surface area contributed by atoms with Crippen LogP contribution in [-0.2, 0) is 0 Å². The van der Waals surface area contributed by atoms with Gasteiger partial charge in [0.25, 0.3) is 5.91 Å². The zero-order chi connectivity index (χ0) is 9.84. The average Bonchev–Trinajstić information content (AvgIpc) is 2.17. The van der Waals surface area contributed by atoms with Gasteiger partial charge in [0.15, 0.2) is 0 Å². The van der Waals surface area contributed by atoms with Crippen LogP contribution >= 0.6 is 12.4 Å². The van der Waals surface area contributed by atoms with Gasteiger partial charge in [-0.15, -0.1) is 12.4 Å². The van der Waals surface area contributed by atoms with Crippen LogP contribution in [0.5, 0.6) is 0 Å². The summed E-state index contributed by atoms with van der Waals surface area (Å²) in [5.41, 5.74) is 1.96. The summed E-state index contributed by atoms with van der Waals surface area (Å²) in [6.07, 6.45) is 1.17. The van der Waals surface area contributed by atoms with Gasteiger partial charge in [-0.05, 0) is 16.0 Å². The molecule has 0 saturated carbocycles. The first-order valence-corrected chi connectivity index (χ1v) is 3.26. The molecule has 0 atom stereocenters. The maximum Gasteiger partial charge on any atom is 0.364 e. The Labute approximate surface area is 84.8 Å². The molecule has 1 heterocycles. The summed E-state index contributed by atoms with van der Waals surface area (Å²) >= 11 is 0. The molecule has 0 radical (unpaired) electrons. The lowest BCUT2D eigenvalue weighted by Crippen LogP contribution is -2.30. The molecule has 0 saturated heterocycles. The molecule has 0 unspecified atom stereocenters. The van der Waals surface area contributed by atoms with E-state index in [1.54, 1.807) is 0 Å². The molecule has 8 heteroatoms. The molecule has 0 aliphatic rings. The topological polar surface area (TPSA) is 111 Å². The van der Waals surface area contributed by atoms with Crippen molar-refractivity contribution in [2.24, 2.45) is 5.84 Å². The third kappa shape index (κ3) is 2.64. The van der Waals surface area contributed by atoms with Crippen LogP contribution in [-0.4, -0.2) is 15.8 Å². The summed E-state index contributed by atoms with van der Waals surface area (Å²) in [4.78, 5) is 23.9. The number of nitrogens with one attached hydrogen (secondary N) is 1. The number of nitrogens with zero attached hydrogens (tertiary/aromatic N) is 2. The molecule has 0 aliphatic heterocycles. The molecule has 0 aromatic carbocycles. The molecule has 0 bridgehead atoms. The van der Waals surface area contributed by atoms with E-state index >= 15 is 0 Å². The number of nitrogen functional groups attached to an aromatic ring is 1. The first-order valence-electron chi connectivity index (χ1n) is 3.26. The standard InChI is InChI=1S/C6H6N4O3.ClH/c7-9-6(11)4-1-2-8-5(3-4)10(12)13;/h1-3H,7H2,(H,9,11);1H. The van der Waals surface area contributed by atoms with E-state index in [0.717, 1.165) is 6.07 Å². The van der Waals surface area contributed by atoms with E-state index in [1.165, 1.54) is 12.3 Å². The largest absolute Gasteiger partial charge is 0.364 e. The van der Waals surface area contributed by atoms with E-state index in [9.17, 15) is 14.9 Å². The Balaban J connectivity index is 0.00000169. The summed E-state index contributed by atoms with van der Waals surface area (Å²) in [5, 5.41) is 10.2. The highest BCUT2D eigenvalue weighted by Crippen LogP contribution is 2.08. The van der Waals surface area contributed by atoms with Gasteiger partial charge in [0, 0.05) is 6.07 Å². The van der Waals surface area contributed by atoms with Gasteiger partial charge in [0.2, 0.25) is 0 Å². The summed E-state index contributed by atoms with van der Waals surface area (Å²) < 4.78 is 0. The SMILES string of the molecule is Cl.NNC(=O)c1ccnc([N+](=O)[O-])c1. The molecule has 14 heavy (non-hydrogen) atoms. The fourth-order valence-electron chi connectivity index (χ4n) is 0.743. The Morgan fingerprint density at radius 2 is 2.29 bits per heavy atom. The minimum absolute atomic E-state index is 0. The molecular formula is C6H7ClN4O3. The maximum atomic E-state index is 10.9. The number of nitro groups is 1. The van der Waals surface area contributed by atoms with Crippen molar-refractivity contribution in [2.75, 3.05) is 0 Å². The number of halogens is 1. The van der Waals surface area contributed by atoms with Crippen molar-refractivity contribution in [2.45, 2.75) is 0 Å². The smallest absolute Gasteiger partial charge is 0.358 e. The fraction of sp³-hybridized carbons (Fsp3) is 0. The van der Waals surface area contributed by atoms with Gasteiger partial charge in [-0.25, -0.2) is 5.84 Å². The normalized spacial score (nSPS) is 8.64. The second-order valence-electron chi connectivity index (χ2n) is 2.13. The van der Waals surface area contributed by atoms with Gasteiger partial charge in [0.1, 0.15) is 6.20 Å². The summed E-state index contributed by atoms with van der Waals surface area (Å²) in [5.74, 6) is 3.86. The van der Waals surface area contributed by atoms with Crippen LogP contribution in [0.2, 0.25) is 0 Å². The van der Waals surface area contributed by atoms with Crippen molar-refractivity contribution in [1.29, 1.82) is 0 Å². The molecule has 76 valence electrons. The number of carbonyl (C=O) groups excluding carboxylic acids is 1. The molecular weight excluding hydrogens is 212 g/mol. The second kappa shape index (κ2) is 5.10. The number of amides is 1. The van der Waals surface area contributed by atoms with Crippen molar-refractivity contribution in [3.63, 3.8) is 0 Å². The van der Waals surface area contributed by atoms with E-state index in [-0.39, 0.29) is 23.8 Å². The van der Waals surface area contributed by atoms with Crippen molar-refractivity contribution < 1.29 is 9.72 Å². The Morgan fingerprint density at radius 1 is 1.64 bits per heavy atom. The number of hydrogen-bond donors (Lipinski definition) is 2. The number of carbonyl (C=O) groups is 1. The van der Waals surface area contributed by atoms with E-state index < -0.39 is 10.8 Å². The van der Waals surface area contributed by atoms with Crippen molar-refractivity contribution in [3.05, 3.63) is 34.0 Å². The second-order valence-corrected chi connectivity index (χ2v) is 2.13. The molecule has 7 nitrogen and oxygen atoms in total. The number of aromatic nitrogens is 1. The first kappa shape index (κ1) is 12.3. The molecule has 0 spiro atoms. The monoisotopic (exact) mass is 218 g/mol.